The van der Waals surface area contributed by atoms with Gasteiger partial charge in [-0.3, -0.25) is 14.9 Å². The van der Waals surface area contributed by atoms with Gasteiger partial charge >= 0.3 is 10.1 Å². The van der Waals surface area contributed by atoms with Gasteiger partial charge in [0.1, 0.15) is 16.5 Å². The fourth-order valence-corrected chi connectivity index (χ4v) is 4.46. The second-order valence-corrected chi connectivity index (χ2v) is 9.43. The van der Waals surface area contributed by atoms with Gasteiger partial charge in [0.15, 0.2) is 11.5 Å². The number of nitriles is 1. The number of nitro groups is 1. The summed E-state index contributed by atoms with van der Waals surface area (Å²) in [6.07, 6.45) is 1.33. The summed E-state index contributed by atoms with van der Waals surface area (Å²) in [5, 5.41) is 25.0. The summed E-state index contributed by atoms with van der Waals surface area (Å²) in [6, 6.07) is 23.3. The number of nitrogens with zero attached hydrogens (tertiary/aromatic N) is 2. The largest absolute Gasteiger partial charge is 0.493 e. The highest BCUT2D eigenvalue weighted by Gasteiger charge is 2.21. The highest BCUT2D eigenvalue weighted by molar-refractivity contribution is 7.87. The molecule has 0 fully saturated rings. The van der Waals surface area contributed by atoms with Crippen molar-refractivity contribution in [1.29, 1.82) is 5.26 Å². The van der Waals surface area contributed by atoms with Crippen molar-refractivity contribution in [3.63, 3.8) is 0 Å². The van der Waals surface area contributed by atoms with Gasteiger partial charge in [0.2, 0.25) is 0 Å². The number of hydrogen-bond acceptors (Lipinski definition) is 8. The molecule has 11 heteroatoms. The Morgan fingerprint density at radius 3 is 2.34 bits per heavy atom. The molecule has 0 spiro atoms. The van der Waals surface area contributed by atoms with Gasteiger partial charge < -0.3 is 14.2 Å². The third kappa shape index (κ3) is 5.77. The SMILES string of the molecule is COc1cc(/C=C(\C#N)C(=O)Nc2ccc3ccccc3c2)ccc1OS(=O)(=O)c1ccc([N+](=O)[O-])cc1. The molecule has 4 aromatic rings. The molecular weight excluding hydrogens is 510 g/mol. The predicted octanol–water partition coefficient (Wildman–Crippen LogP) is 5.07. The second-order valence-electron chi connectivity index (χ2n) is 7.88. The van der Waals surface area contributed by atoms with E-state index in [1.165, 1.54) is 31.4 Å². The van der Waals surface area contributed by atoms with Gasteiger partial charge in [0, 0.05) is 17.8 Å². The quantitative estimate of drug-likeness (QED) is 0.109. The zero-order chi connectivity index (χ0) is 27.3. The van der Waals surface area contributed by atoms with Gasteiger partial charge in [-0.15, -0.1) is 0 Å². The van der Waals surface area contributed by atoms with E-state index in [9.17, 15) is 28.6 Å². The molecular formula is C27H19N3O7S. The number of non-ortho nitro benzene ring substituents is 1. The number of benzene rings is 4. The molecule has 1 amide bonds. The van der Waals surface area contributed by atoms with Crippen LogP contribution >= 0.6 is 0 Å². The Morgan fingerprint density at radius 2 is 1.68 bits per heavy atom. The number of fused-ring (bicyclic) bond motifs is 1. The molecule has 4 rings (SSSR count). The molecule has 1 N–H and O–H groups in total. The molecule has 0 atom stereocenters. The summed E-state index contributed by atoms with van der Waals surface area (Å²) < 4.78 is 35.7. The molecule has 0 saturated heterocycles. The number of hydrogen-bond donors (Lipinski definition) is 1. The van der Waals surface area contributed by atoms with E-state index in [1.807, 2.05) is 36.4 Å². The maximum absolute atomic E-state index is 12.7. The van der Waals surface area contributed by atoms with E-state index >= 15 is 0 Å². The number of methoxy groups -OCH3 is 1. The normalized spacial score (nSPS) is 11.4. The van der Waals surface area contributed by atoms with Crippen LogP contribution in [0.1, 0.15) is 5.56 Å². The zero-order valence-electron chi connectivity index (χ0n) is 19.8. The molecule has 0 radical (unpaired) electrons. The van der Waals surface area contributed by atoms with E-state index < -0.39 is 20.9 Å². The number of rotatable bonds is 8. The summed E-state index contributed by atoms with van der Waals surface area (Å²) in [5.41, 5.74) is 0.447. The molecule has 0 heterocycles. The average Bonchev–Trinajstić information content (AvgIpc) is 2.92. The van der Waals surface area contributed by atoms with E-state index in [0.29, 0.717) is 11.3 Å². The molecule has 0 aliphatic carbocycles. The summed E-state index contributed by atoms with van der Waals surface area (Å²) in [6.45, 7) is 0. The van der Waals surface area contributed by atoms with Gasteiger partial charge in [0.05, 0.1) is 12.0 Å². The summed E-state index contributed by atoms with van der Waals surface area (Å²) in [4.78, 5) is 22.6. The van der Waals surface area contributed by atoms with Crippen LogP contribution in [-0.2, 0) is 14.9 Å². The smallest absolute Gasteiger partial charge is 0.339 e. The number of ether oxygens (including phenoxy) is 1. The van der Waals surface area contributed by atoms with Crippen LogP contribution in [0.3, 0.4) is 0 Å². The lowest BCUT2D eigenvalue weighted by molar-refractivity contribution is -0.384. The van der Waals surface area contributed by atoms with E-state index in [-0.39, 0.29) is 27.7 Å². The topological polar surface area (TPSA) is 149 Å². The first-order chi connectivity index (χ1) is 18.2. The first kappa shape index (κ1) is 25.9. The molecule has 0 unspecified atom stereocenters. The van der Waals surface area contributed by atoms with Crippen molar-refractivity contribution in [2.45, 2.75) is 4.90 Å². The number of anilines is 1. The Morgan fingerprint density at radius 1 is 0.974 bits per heavy atom. The molecule has 0 bridgehead atoms. The summed E-state index contributed by atoms with van der Waals surface area (Å²) in [7, 11) is -3.03. The Bertz CT molecular complexity index is 1720. The van der Waals surface area contributed by atoms with Crippen molar-refractivity contribution in [2.75, 3.05) is 12.4 Å². The number of amides is 1. The van der Waals surface area contributed by atoms with Crippen LogP contribution in [0.4, 0.5) is 11.4 Å². The minimum atomic E-state index is -4.33. The Hall–Kier alpha value is -5.21. The van der Waals surface area contributed by atoms with Gasteiger partial charge in [0.25, 0.3) is 11.6 Å². The van der Waals surface area contributed by atoms with Crippen LogP contribution in [0.5, 0.6) is 11.5 Å². The second kappa shape index (κ2) is 10.8. The fraction of sp³-hybridized carbons (Fsp3) is 0.0370. The van der Waals surface area contributed by atoms with Gasteiger partial charge in [-0.1, -0.05) is 36.4 Å². The number of carbonyl (C=O) groups is 1. The minimum Gasteiger partial charge on any atom is -0.493 e. The maximum Gasteiger partial charge on any atom is 0.339 e. The average molecular weight is 530 g/mol. The van der Waals surface area contributed by atoms with Crippen LogP contribution in [0.15, 0.2) is 95.4 Å². The molecule has 10 nitrogen and oxygen atoms in total. The van der Waals surface area contributed by atoms with Crippen molar-refractivity contribution in [2.24, 2.45) is 0 Å². The molecule has 0 aliphatic rings. The first-order valence-corrected chi connectivity index (χ1v) is 12.4. The van der Waals surface area contributed by atoms with Gasteiger partial charge in [-0.2, -0.15) is 13.7 Å². The van der Waals surface area contributed by atoms with Crippen LogP contribution in [0, 0.1) is 21.4 Å². The summed E-state index contributed by atoms with van der Waals surface area (Å²) >= 11 is 0. The molecule has 0 aromatic heterocycles. The van der Waals surface area contributed by atoms with Crippen LogP contribution in [-0.4, -0.2) is 26.4 Å². The molecule has 38 heavy (non-hydrogen) atoms. The van der Waals surface area contributed by atoms with Crippen molar-refractivity contribution < 1.29 is 27.1 Å². The highest BCUT2D eigenvalue weighted by Crippen LogP contribution is 2.32. The van der Waals surface area contributed by atoms with Gasteiger partial charge in [-0.05, 0) is 58.8 Å². The lowest BCUT2D eigenvalue weighted by Gasteiger charge is -2.11. The molecule has 0 aliphatic heterocycles. The number of nitrogens with one attached hydrogen (secondary N) is 1. The van der Waals surface area contributed by atoms with E-state index in [4.69, 9.17) is 8.92 Å². The monoisotopic (exact) mass is 529 g/mol. The van der Waals surface area contributed by atoms with E-state index in [0.717, 1.165) is 35.0 Å². The molecule has 190 valence electrons. The summed E-state index contributed by atoms with van der Waals surface area (Å²) in [5.74, 6) is -0.749. The maximum atomic E-state index is 12.7. The molecule has 4 aromatic carbocycles. The highest BCUT2D eigenvalue weighted by atomic mass is 32.2. The zero-order valence-corrected chi connectivity index (χ0v) is 20.6. The first-order valence-electron chi connectivity index (χ1n) is 11.0. The van der Waals surface area contributed by atoms with Crippen LogP contribution < -0.4 is 14.2 Å². The predicted molar refractivity (Wildman–Crippen MR) is 140 cm³/mol. The minimum absolute atomic E-state index is 0.0245. The standard InChI is InChI=1S/C27H19N3O7S/c1-36-26-15-18(6-13-25(26)37-38(34,35)24-11-9-23(10-12-24)30(32)33)14-21(17-28)27(31)29-22-8-7-19-4-2-3-5-20(19)16-22/h2-16H,1H3,(H,29,31)/b21-14+. The van der Waals surface area contributed by atoms with Gasteiger partial charge in [-0.25, -0.2) is 0 Å². The lowest BCUT2D eigenvalue weighted by Crippen LogP contribution is -2.13. The lowest BCUT2D eigenvalue weighted by atomic mass is 10.1. The Labute approximate surface area is 217 Å². The van der Waals surface area contributed by atoms with Crippen molar-refractivity contribution in [3.8, 4) is 17.6 Å². The van der Waals surface area contributed by atoms with Crippen LogP contribution in [0.2, 0.25) is 0 Å². The van der Waals surface area contributed by atoms with Crippen molar-refractivity contribution >= 4 is 44.2 Å². The number of carbonyl (C=O) groups excluding carboxylic acids is 1. The third-order valence-corrected chi connectivity index (χ3v) is 6.66. The van der Waals surface area contributed by atoms with Crippen molar-refractivity contribution in [1.82, 2.24) is 0 Å². The van der Waals surface area contributed by atoms with Crippen molar-refractivity contribution in [3.05, 3.63) is 106 Å². The fourth-order valence-electron chi connectivity index (χ4n) is 3.52. The third-order valence-electron chi connectivity index (χ3n) is 5.41. The Kier molecular flexibility index (Phi) is 7.36. The Balaban J connectivity index is 1.54. The molecule has 0 saturated carbocycles. The van der Waals surface area contributed by atoms with E-state index in [2.05, 4.69) is 5.32 Å². The van der Waals surface area contributed by atoms with E-state index in [1.54, 1.807) is 12.1 Å². The number of nitro benzene ring substituents is 1. The van der Waals surface area contributed by atoms with Crippen LogP contribution in [0.25, 0.3) is 16.8 Å².